The number of benzene rings is 2. The molecule has 2 aromatic carbocycles. The Morgan fingerprint density at radius 1 is 1.18 bits per heavy atom. The number of rotatable bonds is 3. The van der Waals surface area contributed by atoms with Gasteiger partial charge in [-0.3, -0.25) is 0 Å². The first kappa shape index (κ1) is 12.6. The second kappa shape index (κ2) is 5.69. The molecule has 0 bridgehead atoms. The summed E-state index contributed by atoms with van der Waals surface area (Å²) in [4.78, 5) is 0. The highest BCUT2D eigenvalue weighted by Crippen LogP contribution is 2.21. The van der Waals surface area contributed by atoms with Gasteiger partial charge in [-0.1, -0.05) is 29.8 Å². The fraction of sp³-hybridized carbons (Fsp3) is 0.0769. The lowest BCUT2D eigenvalue weighted by Gasteiger charge is -2.09. The molecule has 0 heterocycles. The third-order valence-corrected chi connectivity index (χ3v) is 3.62. The van der Waals surface area contributed by atoms with E-state index in [1.807, 2.05) is 24.3 Å². The van der Waals surface area contributed by atoms with Crippen LogP contribution in [0.4, 0.5) is 10.1 Å². The van der Waals surface area contributed by atoms with Crippen LogP contribution >= 0.6 is 34.2 Å². The predicted molar refractivity (Wildman–Crippen MR) is 77.9 cm³/mol. The maximum absolute atomic E-state index is 12.9. The number of hydrogen-bond donors (Lipinski definition) is 1. The molecule has 0 unspecified atom stereocenters. The molecule has 0 aliphatic carbocycles. The minimum Gasteiger partial charge on any atom is -0.380 e. The minimum atomic E-state index is -0.224. The summed E-state index contributed by atoms with van der Waals surface area (Å²) in [5.74, 6) is -0.224. The van der Waals surface area contributed by atoms with Crippen LogP contribution in [0.3, 0.4) is 0 Å². The summed E-state index contributed by atoms with van der Waals surface area (Å²) < 4.78 is 13.8. The molecular weight excluding hydrogens is 352 g/mol. The third kappa shape index (κ3) is 3.33. The third-order valence-electron chi connectivity index (χ3n) is 2.36. The fourth-order valence-corrected chi connectivity index (χ4v) is 2.34. The Morgan fingerprint density at radius 2 is 1.94 bits per heavy atom. The highest BCUT2D eigenvalue weighted by atomic mass is 127. The van der Waals surface area contributed by atoms with Crippen molar-refractivity contribution in [3.05, 3.63) is 62.4 Å². The first-order valence-corrected chi connectivity index (χ1v) is 6.55. The Labute approximate surface area is 118 Å². The molecule has 0 spiro atoms. The van der Waals surface area contributed by atoms with E-state index in [2.05, 4.69) is 27.9 Å². The molecule has 17 heavy (non-hydrogen) atoms. The van der Waals surface area contributed by atoms with Crippen molar-refractivity contribution in [2.24, 2.45) is 0 Å². The summed E-state index contributed by atoms with van der Waals surface area (Å²) in [5.41, 5.74) is 1.93. The first-order chi connectivity index (χ1) is 8.16. The van der Waals surface area contributed by atoms with Gasteiger partial charge in [-0.25, -0.2) is 4.39 Å². The molecule has 0 fully saturated rings. The van der Waals surface area contributed by atoms with Crippen LogP contribution in [0.15, 0.2) is 42.5 Å². The zero-order valence-electron chi connectivity index (χ0n) is 8.88. The zero-order chi connectivity index (χ0) is 12.3. The monoisotopic (exact) mass is 361 g/mol. The molecule has 4 heteroatoms. The van der Waals surface area contributed by atoms with Crippen LogP contribution in [-0.2, 0) is 6.54 Å². The summed E-state index contributed by atoms with van der Waals surface area (Å²) in [6.07, 6.45) is 0. The van der Waals surface area contributed by atoms with Crippen molar-refractivity contribution in [3.63, 3.8) is 0 Å². The second-order valence-electron chi connectivity index (χ2n) is 3.57. The van der Waals surface area contributed by atoms with Gasteiger partial charge in [0.15, 0.2) is 0 Å². The maximum atomic E-state index is 12.9. The number of hydrogen-bond acceptors (Lipinski definition) is 1. The van der Waals surface area contributed by atoms with Crippen LogP contribution in [0.25, 0.3) is 0 Å². The number of anilines is 1. The second-order valence-corrected chi connectivity index (χ2v) is 5.14. The number of nitrogens with one attached hydrogen (secondary N) is 1. The van der Waals surface area contributed by atoms with Gasteiger partial charge in [-0.05, 0) is 52.4 Å². The summed E-state index contributed by atoms with van der Waals surface area (Å²) in [6.45, 7) is 0.626. The topological polar surface area (TPSA) is 12.0 Å². The normalized spacial score (nSPS) is 10.3. The smallest absolute Gasteiger partial charge is 0.124 e. The molecule has 2 aromatic rings. The molecule has 0 atom stereocenters. The van der Waals surface area contributed by atoms with E-state index in [1.54, 1.807) is 6.07 Å². The summed E-state index contributed by atoms with van der Waals surface area (Å²) in [6, 6.07) is 12.3. The molecule has 1 N–H and O–H groups in total. The SMILES string of the molecule is Fc1ccc(NCc2ccccc2Cl)c(I)c1. The fourth-order valence-electron chi connectivity index (χ4n) is 1.47. The molecule has 0 radical (unpaired) electrons. The quantitative estimate of drug-likeness (QED) is 0.782. The van der Waals surface area contributed by atoms with Gasteiger partial charge in [0.2, 0.25) is 0 Å². The van der Waals surface area contributed by atoms with Crippen LogP contribution in [0.1, 0.15) is 5.56 Å². The van der Waals surface area contributed by atoms with Crippen LogP contribution in [0.2, 0.25) is 5.02 Å². The van der Waals surface area contributed by atoms with Crippen LogP contribution in [-0.4, -0.2) is 0 Å². The molecular formula is C13H10ClFIN. The molecule has 0 saturated carbocycles. The van der Waals surface area contributed by atoms with E-state index >= 15 is 0 Å². The van der Waals surface area contributed by atoms with E-state index < -0.39 is 0 Å². The van der Waals surface area contributed by atoms with Crippen molar-refractivity contribution in [3.8, 4) is 0 Å². The standard InChI is InChI=1S/C13H10ClFIN/c14-11-4-2-1-3-9(11)8-17-13-6-5-10(15)7-12(13)16/h1-7,17H,8H2. The van der Waals surface area contributed by atoms with Crippen molar-refractivity contribution in [1.29, 1.82) is 0 Å². The van der Waals surface area contributed by atoms with Gasteiger partial charge >= 0.3 is 0 Å². The van der Waals surface area contributed by atoms with Gasteiger partial charge in [0.1, 0.15) is 5.82 Å². The Kier molecular flexibility index (Phi) is 4.23. The maximum Gasteiger partial charge on any atom is 0.124 e. The van der Waals surface area contributed by atoms with E-state index in [0.29, 0.717) is 6.54 Å². The molecule has 0 aliphatic heterocycles. The van der Waals surface area contributed by atoms with Gasteiger partial charge in [0, 0.05) is 20.8 Å². The molecule has 0 aliphatic rings. The number of halogens is 3. The van der Waals surface area contributed by atoms with Crippen molar-refractivity contribution >= 4 is 39.9 Å². The summed E-state index contributed by atoms with van der Waals surface area (Å²) in [7, 11) is 0. The van der Waals surface area contributed by atoms with Crippen molar-refractivity contribution in [2.75, 3.05) is 5.32 Å². The minimum absolute atomic E-state index is 0.224. The first-order valence-electron chi connectivity index (χ1n) is 5.09. The summed E-state index contributed by atoms with van der Waals surface area (Å²) >= 11 is 8.16. The Balaban J connectivity index is 2.10. The lowest BCUT2D eigenvalue weighted by Crippen LogP contribution is -2.01. The van der Waals surface area contributed by atoms with Gasteiger partial charge < -0.3 is 5.32 Å². The lowest BCUT2D eigenvalue weighted by molar-refractivity contribution is 0.627. The zero-order valence-corrected chi connectivity index (χ0v) is 11.8. The van der Waals surface area contributed by atoms with E-state index in [9.17, 15) is 4.39 Å². The van der Waals surface area contributed by atoms with E-state index in [0.717, 1.165) is 19.8 Å². The van der Waals surface area contributed by atoms with Crippen LogP contribution < -0.4 is 5.32 Å². The van der Waals surface area contributed by atoms with E-state index in [4.69, 9.17) is 11.6 Å². The van der Waals surface area contributed by atoms with Crippen molar-refractivity contribution in [1.82, 2.24) is 0 Å². The largest absolute Gasteiger partial charge is 0.380 e. The van der Waals surface area contributed by atoms with E-state index in [1.165, 1.54) is 12.1 Å². The lowest BCUT2D eigenvalue weighted by atomic mass is 10.2. The Morgan fingerprint density at radius 3 is 2.65 bits per heavy atom. The average Bonchev–Trinajstić information content (AvgIpc) is 2.30. The Bertz CT molecular complexity index is 531. The van der Waals surface area contributed by atoms with E-state index in [-0.39, 0.29) is 5.82 Å². The van der Waals surface area contributed by atoms with Gasteiger partial charge in [0.05, 0.1) is 0 Å². The van der Waals surface area contributed by atoms with Gasteiger partial charge in [-0.2, -0.15) is 0 Å². The molecule has 2 rings (SSSR count). The highest BCUT2D eigenvalue weighted by molar-refractivity contribution is 14.1. The van der Waals surface area contributed by atoms with Crippen molar-refractivity contribution in [2.45, 2.75) is 6.54 Å². The highest BCUT2D eigenvalue weighted by Gasteiger charge is 2.02. The van der Waals surface area contributed by atoms with Crippen LogP contribution in [0.5, 0.6) is 0 Å². The molecule has 0 saturated heterocycles. The van der Waals surface area contributed by atoms with Crippen LogP contribution in [0, 0.1) is 9.39 Å². The molecule has 88 valence electrons. The van der Waals surface area contributed by atoms with Gasteiger partial charge in [-0.15, -0.1) is 0 Å². The Hall–Kier alpha value is -0.810. The summed E-state index contributed by atoms with van der Waals surface area (Å²) in [5, 5.41) is 3.97. The predicted octanol–water partition coefficient (Wildman–Crippen LogP) is 4.70. The molecule has 1 nitrogen and oxygen atoms in total. The molecule has 0 amide bonds. The van der Waals surface area contributed by atoms with Crippen molar-refractivity contribution < 1.29 is 4.39 Å². The van der Waals surface area contributed by atoms with Gasteiger partial charge in [0.25, 0.3) is 0 Å². The average molecular weight is 362 g/mol. The molecule has 0 aromatic heterocycles.